The maximum atomic E-state index is 11.2. The second kappa shape index (κ2) is 11.9. The average molecular weight is 391 g/mol. The number of nitrogens with two attached hydrogens (primary N) is 2. The summed E-state index contributed by atoms with van der Waals surface area (Å²) in [7, 11) is 0. The molecule has 0 bridgehead atoms. The number of aliphatic imine (C=N–C) groups is 1. The van der Waals surface area contributed by atoms with E-state index in [4.69, 9.17) is 11.5 Å². The van der Waals surface area contributed by atoms with Gasteiger partial charge in [0.15, 0.2) is 5.96 Å². The lowest BCUT2D eigenvalue weighted by molar-refractivity contribution is -0.539. The first-order valence-corrected chi connectivity index (χ1v) is 11.0. The van der Waals surface area contributed by atoms with Crippen LogP contribution in [0.25, 0.3) is 0 Å². The first-order chi connectivity index (χ1) is 13.6. The van der Waals surface area contributed by atoms with Crippen molar-refractivity contribution in [1.29, 1.82) is 0 Å². The third-order valence-corrected chi connectivity index (χ3v) is 5.71. The van der Waals surface area contributed by atoms with E-state index in [1.54, 1.807) is 0 Å². The van der Waals surface area contributed by atoms with Crippen molar-refractivity contribution < 1.29 is 9.68 Å². The van der Waals surface area contributed by atoms with Crippen molar-refractivity contribution in [1.82, 2.24) is 4.90 Å². The van der Waals surface area contributed by atoms with Gasteiger partial charge in [-0.15, -0.1) is 6.58 Å². The maximum Gasteiger partial charge on any atom is 0.274 e. The molecule has 0 saturated carbocycles. The second-order valence-electron chi connectivity index (χ2n) is 8.02. The molecule has 0 fully saturated rings. The molecule has 2 rings (SSSR count). The molecule has 2 aliphatic heterocycles. The second-order valence-corrected chi connectivity index (χ2v) is 8.02. The summed E-state index contributed by atoms with van der Waals surface area (Å²) in [5.74, 6) is 1.37. The van der Waals surface area contributed by atoms with E-state index in [1.807, 2.05) is 12.2 Å². The topological polar surface area (TPSA) is 90.9 Å². The lowest BCUT2D eigenvalue weighted by Crippen LogP contribution is -2.52. The van der Waals surface area contributed by atoms with Gasteiger partial charge in [0.2, 0.25) is 5.72 Å². The molecule has 0 spiro atoms. The summed E-state index contributed by atoms with van der Waals surface area (Å²) in [6.45, 7) is 7.52. The van der Waals surface area contributed by atoms with Gasteiger partial charge in [-0.1, -0.05) is 25.3 Å². The number of allylic oxidation sites excluding steroid dienone is 1. The highest BCUT2D eigenvalue weighted by Crippen LogP contribution is 2.30. The van der Waals surface area contributed by atoms with Gasteiger partial charge in [0, 0.05) is 25.5 Å². The zero-order chi connectivity index (χ0) is 20.2. The molecule has 0 saturated heterocycles. The van der Waals surface area contributed by atoms with Crippen molar-refractivity contribution in [3.8, 4) is 0 Å². The molecule has 2 aliphatic rings. The third-order valence-electron chi connectivity index (χ3n) is 5.71. The van der Waals surface area contributed by atoms with Crippen molar-refractivity contribution >= 4 is 11.8 Å². The number of guanidine groups is 1. The van der Waals surface area contributed by atoms with Crippen LogP contribution in [-0.4, -0.2) is 58.3 Å². The fourth-order valence-corrected chi connectivity index (χ4v) is 4.15. The van der Waals surface area contributed by atoms with Crippen LogP contribution in [0.3, 0.4) is 0 Å². The molecule has 6 nitrogen and oxygen atoms in total. The quantitative estimate of drug-likeness (QED) is 0.140. The molecule has 1 atom stereocenters. The Kier molecular flexibility index (Phi) is 9.55. The van der Waals surface area contributed by atoms with Crippen LogP contribution < -0.4 is 11.5 Å². The Bertz CT molecular complexity index is 579. The van der Waals surface area contributed by atoms with Crippen LogP contribution in [0.15, 0.2) is 29.8 Å². The molecular weight excluding hydrogens is 350 g/mol. The van der Waals surface area contributed by atoms with Crippen LogP contribution in [-0.2, 0) is 0 Å². The Labute approximate surface area is 170 Å². The summed E-state index contributed by atoms with van der Waals surface area (Å²) in [5.41, 5.74) is 9.92. The molecule has 0 amide bonds. The third kappa shape index (κ3) is 6.97. The molecule has 158 valence electrons. The van der Waals surface area contributed by atoms with E-state index in [-0.39, 0.29) is 5.96 Å². The van der Waals surface area contributed by atoms with Crippen LogP contribution in [0.5, 0.6) is 0 Å². The summed E-state index contributed by atoms with van der Waals surface area (Å²) < 4.78 is 2.42. The average Bonchev–Trinajstić information content (AvgIpc) is 3.01. The molecule has 0 radical (unpaired) electrons. The van der Waals surface area contributed by atoms with Gasteiger partial charge in [-0.3, -0.25) is 9.57 Å². The summed E-state index contributed by atoms with van der Waals surface area (Å²) >= 11 is 0. The smallest absolute Gasteiger partial charge is 0.274 e. The maximum absolute atomic E-state index is 11.2. The Morgan fingerprint density at radius 2 is 1.93 bits per heavy atom. The van der Waals surface area contributed by atoms with Gasteiger partial charge in [0.25, 0.3) is 5.84 Å². The predicted molar refractivity (Wildman–Crippen MR) is 117 cm³/mol. The van der Waals surface area contributed by atoms with E-state index in [0.29, 0.717) is 6.54 Å². The van der Waals surface area contributed by atoms with Crippen LogP contribution in [0.4, 0.5) is 0 Å². The lowest BCUT2D eigenvalue weighted by atomic mass is 10.0. The number of nitrogens with zero attached hydrogens (tertiary/aromatic N) is 3. The highest BCUT2D eigenvalue weighted by atomic mass is 16.3. The normalized spacial score (nSPS) is 21.1. The fraction of sp³-hybridized carbons (Fsp3) is 0.727. The van der Waals surface area contributed by atoms with Gasteiger partial charge in [0.1, 0.15) is 0 Å². The van der Waals surface area contributed by atoms with E-state index < -0.39 is 5.72 Å². The SMILES string of the molecule is C=CCCCCCCC[C@]1(O)C=CC2=[N+](CCCCCN=C(N)N)CCCN21. The van der Waals surface area contributed by atoms with E-state index >= 15 is 0 Å². The summed E-state index contributed by atoms with van der Waals surface area (Å²) in [6, 6.07) is 0. The Morgan fingerprint density at radius 3 is 2.71 bits per heavy atom. The van der Waals surface area contributed by atoms with Crippen LogP contribution in [0, 0.1) is 0 Å². The van der Waals surface area contributed by atoms with Gasteiger partial charge in [-0.05, 0) is 44.6 Å². The number of aliphatic hydroxyl groups is 1. The lowest BCUT2D eigenvalue weighted by Gasteiger charge is -2.32. The zero-order valence-electron chi connectivity index (χ0n) is 17.5. The van der Waals surface area contributed by atoms with E-state index in [1.165, 1.54) is 31.5 Å². The first-order valence-electron chi connectivity index (χ1n) is 11.0. The summed E-state index contributed by atoms with van der Waals surface area (Å²) in [6.07, 6.45) is 18.4. The molecular formula is C22H40N5O+. The van der Waals surface area contributed by atoms with Gasteiger partial charge < -0.3 is 16.6 Å². The minimum Gasteiger partial charge on any atom is -0.370 e. The summed E-state index contributed by atoms with van der Waals surface area (Å²) in [4.78, 5) is 6.25. The van der Waals surface area contributed by atoms with Gasteiger partial charge in [0.05, 0.1) is 19.6 Å². The van der Waals surface area contributed by atoms with Gasteiger partial charge >= 0.3 is 0 Å². The molecule has 5 N–H and O–H groups in total. The largest absolute Gasteiger partial charge is 0.370 e. The molecule has 0 aromatic carbocycles. The minimum absolute atomic E-state index is 0.175. The van der Waals surface area contributed by atoms with Crippen LogP contribution in [0.1, 0.15) is 70.6 Å². The number of hydrogen-bond acceptors (Lipinski definition) is 3. The fourth-order valence-electron chi connectivity index (χ4n) is 4.15. The van der Waals surface area contributed by atoms with Crippen molar-refractivity contribution in [2.45, 2.75) is 76.4 Å². The monoisotopic (exact) mass is 390 g/mol. The van der Waals surface area contributed by atoms with Crippen LogP contribution >= 0.6 is 0 Å². The molecule has 2 heterocycles. The molecule has 0 aromatic rings. The van der Waals surface area contributed by atoms with Crippen molar-refractivity contribution in [2.75, 3.05) is 26.2 Å². The molecule has 0 aliphatic carbocycles. The highest BCUT2D eigenvalue weighted by Gasteiger charge is 2.46. The van der Waals surface area contributed by atoms with E-state index in [9.17, 15) is 5.11 Å². The number of hydrogen-bond donors (Lipinski definition) is 3. The molecule has 0 aromatic heterocycles. The number of unbranched alkanes of at least 4 members (excludes halogenated alkanes) is 7. The number of fused-ring (bicyclic) bond motifs is 1. The number of rotatable bonds is 14. The standard InChI is InChI=1S/C22H40N5O/c1-2-3-4-5-6-7-9-14-22(28)15-13-20-26(18-12-19-27(20)22)17-11-8-10-16-25-21(23)24/h2,13,15,28H,1,3-12,14,16-19H2,(H4,23,24,25)/q+1/t22-/m0/s1. The minimum atomic E-state index is -0.789. The van der Waals surface area contributed by atoms with Crippen molar-refractivity contribution in [3.05, 3.63) is 24.8 Å². The van der Waals surface area contributed by atoms with Crippen molar-refractivity contribution in [3.63, 3.8) is 0 Å². The molecule has 6 heteroatoms. The van der Waals surface area contributed by atoms with Gasteiger partial charge in [-0.2, -0.15) is 0 Å². The summed E-state index contributed by atoms with van der Waals surface area (Å²) in [5, 5.41) is 11.2. The highest BCUT2D eigenvalue weighted by molar-refractivity contribution is 5.92. The predicted octanol–water partition coefficient (Wildman–Crippen LogP) is 2.72. The Morgan fingerprint density at radius 1 is 1.18 bits per heavy atom. The Hall–Kier alpha value is -1.82. The zero-order valence-corrected chi connectivity index (χ0v) is 17.5. The van der Waals surface area contributed by atoms with E-state index in [2.05, 4.69) is 27.1 Å². The molecule has 28 heavy (non-hydrogen) atoms. The van der Waals surface area contributed by atoms with Crippen LogP contribution in [0.2, 0.25) is 0 Å². The first kappa shape index (κ1) is 22.5. The number of amidine groups is 1. The Balaban J connectivity index is 1.75. The van der Waals surface area contributed by atoms with Crippen molar-refractivity contribution in [2.24, 2.45) is 16.5 Å². The van der Waals surface area contributed by atoms with E-state index in [0.717, 1.165) is 64.6 Å². The van der Waals surface area contributed by atoms with Gasteiger partial charge in [-0.25, -0.2) is 4.90 Å². The molecule has 0 unspecified atom stereocenters.